The van der Waals surface area contributed by atoms with Crippen LogP contribution < -0.4 is 10.1 Å². The molecule has 0 spiro atoms. The van der Waals surface area contributed by atoms with E-state index in [1.807, 2.05) is 31.6 Å². The maximum atomic E-state index is 5.26. The van der Waals surface area contributed by atoms with Gasteiger partial charge in [-0.05, 0) is 71.2 Å². The van der Waals surface area contributed by atoms with Crippen molar-refractivity contribution in [1.82, 2.24) is 10.3 Å². The van der Waals surface area contributed by atoms with Crippen LogP contribution in [0.3, 0.4) is 0 Å². The lowest BCUT2D eigenvalue weighted by Gasteiger charge is -2.19. The first-order valence-electron chi connectivity index (χ1n) is 6.56. The first-order valence-corrected chi connectivity index (χ1v) is 7.35. The Kier molecular flexibility index (Phi) is 5.15. The van der Waals surface area contributed by atoms with E-state index >= 15 is 0 Å². The number of nitrogens with zero attached hydrogens (tertiary/aromatic N) is 1. The first-order chi connectivity index (χ1) is 9.65. The Balaban J connectivity index is 2.23. The Morgan fingerprint density at radius 1 is 1.35 bits per heavy atom. The molecular formula is C16H19BrN2O. The number of pyridine rings is 1. The van der Waals surface area contributed by atoms with Crippen molar-refractivity contribution in [2.75, 3.05) is 14.2 Å². The van der Waals surface area contributed by atoms with Gasteiger partial charge >= 0.3 is 0 Å². The minimum atomic E-state index is 0.254. The van der Waals surface area contributed by atoms with Crippen LogP contribution in [0, 0.1) is 6.92 Å². The summed E-state index contributed by atoms with van der Waals surface area (Å²) >= 11 is 3.53. The normalized spacial score (nSPS) is 12.2. The van der Waals surface area contributed by atoms with E-state index in [4.69, 9.17) is 4.74 Å². The fourth-order valence-corrected chi connectivity index (χ4v) is 2.87. The van der Waals surface area contributed by atoms with Crippen molar-refractivity contribution < 1.29 is 4.74 Å². The molecule has 0 saturated carbocycles. The number of halogens is 1. The number of ether oxygens (including phenoxy) is 1. The fourth-order valence-electron chi connectivity index (χ4n) is 2.28. The highest BCUT2D eigenvalue weighted by Gasteiger charge is 2.13. The van der Waals surface area contributed by atoms with E-state index in [1.165, 1.54) is 16.7 Å². The van der Waals surface area contributed by atoms with Crippen molar-refractivity contribution in [2.45, 2.75) is 19.4 Å². The Bertz CT molecular complexity index is 586. The summed E-state index contributed by atoms with van der Waals surface area (Å²) in [6.07, 6.45) is 4.68. The molecule has 1 atom stereocenters. The minimum absolute atomic E-state index is 0.254. The number of methoxy groups -OCH3 is 1. The number of benzene rings is 1. The molecular weight excluding hydrogens is 316 g/mol. The summed E-state index contributed by atoms with van der Waals surface area (Å²) in [4.78, 5) is 4.23. The van der Waals surface area contributed by atoms with Gasteiger partial charge in [-0.25, -0.2) is 0 Å². The summed E-state index contributed by atoms with van der Waals surface area (Å²) in [5.74, 6) is 0.854. The van der Waals surface area contributed by atoms with E-state index in [1.54, 1.807) is 7.11 Å². The predicted octanol–water partition coefficient (Wildman–Crippen LogP) is 3.66. The average Bonchev–Trinajstić information content (AvgIpc) is 2.46. The summed E-state index contributed by atoms with van der Waals surface area (Å²) in [5.41, 5.74) is 3.74. The molecule has 1 heterocycles. The zero-order valence-electron chi connectivity index (χ0n) is 12.0. The van der Waals surface area contributed by atoms with Crippen LogP contribution in [0.2, 0.25) is 0 Å². The highest BCUT2D eigenvalue weighted by Crippen LogP contribution is 2.28. The van der Waals surface area contributed by atoms with Crippen LogP contribution in [0.1, 0.15) is 22.7 Å². The fraction of sp³-hybridized carbons (Fsp3) is 0.312. The second-order valence-electron chi connectivity index (χ2n) is 4.75. The number of rotatable bonds is 5. The van der Waals surface area contributed by atoms with E-state index in [9.17, 15) is 0 Å². The number of aromatic nitrogens is 1. The van der Waals surface area contributed by atoms with Gasteiger partial charge in [-0.2, -0.15) is 0 Å². The highest BCUT2D eigenvalue weighted by molar-refractivity contribution is 9.10. The van der Waals surface area contributed by atoms with Gasteiger partial charge in [-0.15, -0.1) is 0 Å². The lowest BCUT2D eigenvalue weighted by Crippen LogP contribution is -2.20. The summed E-state index contributed by atoms with van der Waals surface area (Å²) < 4.78 is 6.24. The Labute approximate surface area is 128 Å². The molecule has 4 heteroatoms. The van der Waals surface area contributed by atoms with Gasteiger partial charge in [0.2, 0.25) is 0 Å². The van der Waals surface area contributed by atoms with Gasteiger partial charge in [0, 0.05) is 18.4 Å². The van der Waals surface area contributed by atoms with E-state index in [2.05, 4.69) is 45.3 Å². The monoisotopic (exact) mass is 334 g/mol. The van der Waals surface area contributed by atoms with E-state index in [0.717, 1.165) is 16.6 Å². The molecule has 0 amide bonds. The third kappa shape index (κ3) is 3.38. The van der Waals surface area contributed by atoms with E-state index in [-0.39, 0.29) is 6.04 Å². The molecule has 106 valence electrons. The van der Waals surface area contributed by atoms with Gasteiger partial charge < -0.3 is 10.1 Å². The molecule has 1 aromatic carbocycles. The molecule has 0 aliphatic carbocycles. The second-order valence-corrected chi connectivity index (χ2v) is 5.60. The first kappa shape index (κ1) is 15.0. The largest absolute Gasteiger partial charge is 0.496 e. The molecule has 1 aromatic heterocycles. The lowest BCUT2D eigenvalue weighted by atomic mass is 9.97. The zero-order chi connectivity index (χ0) is 14.5. The van der Waals surface area contributed by atoms with Crippen LogP contribution in [0.15, 0.2) is 41.1 Å². The smallest absolute Gasteiger partial charge is 0.133 e. The molecule has 0 fully saturated rings. The SMILES string of the molecule is CNC(Cc1ccc(OC)c(Br)c1)c1cnccc1C. The van der Waals surface area contributed by atoms with Gasteiger partial charge in [-0.3, -0.25) is 4.98 Å². The summed E-state index contributed by atoms with van der Waals surface area (Å²) in [6, 6.07) is 8.49. The summed E-state index contributed by atoms with van der Waals surface area (Å²) in [5, 5.41) is 3.37. The molecule has 20 heavy (non-hydrogen) atoms. The van der Waals surface area contributed by atoms with Crippen LogP contribution in [0.5, 0.6) is 5.75 Å². The zero-order valence-corrected chi connectivity index (χ0v) is 13.6. The van der Waals surface area contributed by atoms with Gasteiger partial charge in [-0.1, -0.05) is 6.07 Å². The van der Waals surface area contributed by atoms with E-state index in [0.29, 0.717) is 0 Å². The average molecular weight is 335 g/mol. The molecule has 1 unspecified atom stereocenters. The predicted molar refractivity (Wildman–Crippen MR) is 85.2 cm³/mol. The van der Waals surface area contributed by atoms with Crippen LogP contribution in [0.25, 0.3) is 0 Å². The van der Waals surface area contributed by atoms with Crippen molar-refractivity contribution in [1.29, 1.82) is 0 Å². The molecule has 0 bridgehead atoms. The lowest BCUT2D eigenvalue weighted by molar-refractivity contribution is 0.412. The molecule has 0 saturated heterocycles. The summed E-state index contributed by atoms with van der Waals surface area (Å²) in [6.45, 7) is 2.12. The van der Waals surface area contributed by atoms with Gasteiger partial charge in [0.1, 0.15) is 5.75 Å². The molecule has 1 N–H and O–H groups in total. The molecule has 2 aromatic rings. The molecule has 0 aliphatic heterocycles. The van der Waals surface area contributed by atoms with Gasteiger partial charge in [0.15, 0.2) is 0 Å². The topological polar surface area (TPSA) is 34.1 Å². The van der Waals surface area contributed by atoms with Crippen molar-refractivity contribution in [2.24, 2.45) is 0 Å². The Morgan fingerprint density at radius 2 is 2.15 bits per heavy atom. The standard InChI is InChI=1S/C16H19BrN2O/c1-11-6-7-19-10-13(11)15(18-2)9-12-4-5-16(20-3)14(17)8-12/h4-8,10,15,18H,9H2,1-3H3. The third-order valence-electron chi connectivity index (χ3n) is 3.46. The number of aryl methyl sites for hydroxylation is 1. The number of nitrogens with one attached hydrogen (secondary N) is 1. The number of likely N-dealkylation sites (N-methyl/N-ethyl adjacent to an activating group) is 1. The van der Waals surface area contributed by atoms with Crippen LogP contribution in [-0.4, -0.2) is 19.1 Å². The second kappa shape index (κ2) is 6.86. The Hall–Kier alpha value is -1.39. The molecule has 3 nitrogen and oxygen atoms in total. The quantitative estimate of drug-likeness (QED) is 0.905. The van der Waals surface area contributed by atoms with Crippen molar-refractivity contribution in [3.63, 3.8) is 0 Å². The molecule has 0 aliphatic rings. The van der Waals surface area contributed by atoms with E-state index < -0.39 is 0 Å². The minimum Gasteiger partial charge on any atom is -0.496 e. The maximum Gasteiger partial charge on any atom is 0.133 e. The highest BCUT2D eigenvalue weighted by atomic mass is 79.9. The van der Waals surface area contributed by atoms with Crippen molar-refractivity contribution in [3.8, 4) is 5.75 Å². The van der Waals surface area contributed by atoms with Crippen molar-refractivity contribution in [3.05, 3.63) is 57.8 Å². The van der Waals surface area contributed by atoms with Crippen molar-refractivity contribution >= 4 is 15.9 Å². The number of hydrogen-bond donors (Lipinski definition) is 1. The number of hydrogen-bond acceptors (Lipinski definition) is 3. The van der Waals surface area contributed by atoms with Crippen LogP contribution in [0.4, 0.5) is 0 Å². The summed E-state index contributed by atoms with van der Waals surface area (Å²) in [7, 11) is 3.66. The maximum absolute atomic E-state index is 5.26. The molecule has 0 radical (unpaired) electrons. The van der Waals surface area contributed by atoms with Crippen LogP contribution >= 0.6 is 15.9 Å². The van der Waals surface area contributed by atoms with Gasteiger partial charge in [0.25, 0.3) is 0 Å². The van der Waals surface area contributed by atoms with Crippen LogP contribution in [-0.2, 0) is 6.42 Å². The third-order valence-corrected chi connectivity index (χ3v) is 4.08. The molecule has 2 rings (SSSR count). The van der Waals surface area contributed by atoms with Gasteiger partial charge in [0.05, 0.1) is 11.6 Å². The Morgan fingerprint density at radius 3 is 2.75 bits per heavy atom.